The zero-order valence-electron chi connectivity index (χ0n) is 16.7. The fourth-order valence-corrected chi connectivity index (χ4v) is 3.56. The van der Waals surface area contributed by atoms with E-state index in [2.05, 4.69) is 46.4 Å². The summed E-state index contributed by atoms with van der Waals surface area (Å²) in [6.45, 7) is 0.502. The van der Waals surface area contributed by atoms with Crippen LogP contribution in [0, 0.1) is 11.3 Å². The fraction of sp³-hybridized carbons (Fsp3) is 0.0370. The highest BCUT2D eigenvalue weighted by molar-refractivity contribution is 5.90. The molecule has 0 fully saturated rings. The summed E-state index contributed by atoms with van der Waals surface area (Å²) in [5, 5.41) is 12.0. The van der Waals surface area contributed by atoms with Crippen LogP contribution in [0.3, 0.4) is 0 Å². The molecule has 4 nitrogen and oxygen atoms in total. The molecular weight excluding hydrogens is 382 g/mol. The van der Waals surface area contributed by atoms with Crippen LogP contribution in [-0.4, -0.2) is 9.97 Å². The molecule has 31 heavy (non-hydrogen) atoms. The molecule has 1 aromatic heterocycles. The average molecular weight is 401 g/mol. The predicted molar refractivity (Wildman–Crippen MR) is 124 cm³/mol. The molecule has 5 aromatic rings. The van der Waals surface area contributed by atoms with Gasteiger partial charge in [0.05, 0.1) is 16.6 Å². The molecule has 0 amide bonds. The van der Waals surface area contributed by atoms with E-state index in [0.717, 1.165) is 27.9 Å². The number of benzene rings is 4. The van der Waals surface area contributed by atoms with Gasteiger partial charge < -0.3 is 9.72 Å². The Morgan fingerprint density at radius 2 is 1.68 bits per heavy atom. The van der Waals surface area contributed by atoms with Crippen LogP contribution >= 0.6 is 0 Å². The fourth-order valence-electron chi connectivity index (χ4n) is 3.56. The van der Waals surface area contributed by atoms with Gasteiger partial charge in [-0.3, -0.25) is 0 Å². The summed E-state index contributed by atoms with van der Waals surface area (Å²) >= 11 is 0. The van der Waals surface area contributed by atoms with Crippen molar-refractivity contribution in [3.8, 4) is 11.8 Å². The largest absolute Gasteiger partial charge is 0.489 e. The quantitative estimate of drug-likeness (QED) is 0.349. The Balaban J connectivity index is 1.31. The first-order valence-corrected chi connectivity index (χ1v) is 10.1. The SMILES string of the molecule is N#CC(=Cc1ccc(OCc2ccc3ccccc3c2)cc1)c1nc2ccccc2[nH]1. The third kappa shape index (κ3) is 4.03. The van der Waals surface area contributed by atoms with Gasteiger partial charge in [0.1, 0.15) is 24.3 Å². The Morgan fingerprint density at radius 3 is 2.48 bits per heavy atom. The maximum atomic E-state index is 9.60. The molecule has 0 saturated heterocycles. The lowest BCUT2D eigenvalue weighted by atomic mass is 10.1. The Labute approximate surface area is 180 Å². The molecule has 148 valence electrons. The Morgan fingerprint density at radius 1 is 0.903 bits per heavy atom. The normalized spacial score (nSPS) is 11.5. The maximum Gasteiger partial charge on any atom is 0.149 e. The van der Waals surface area contributed by atoms with E-state index in [9.17, 15) is 5.26 Å². The summed E-state index contributed by atoms with van der Waals surface area (Å²) in [6, 6.07) is 32.3. The first-order chi connectivity index (χ1) is 15.3. The van der Waals surface area contributed by atoms with E-state index >= 15 is 0 Å². The Hall–Kier alpha value is -4.36. The van der Waals surface area contributed by atoms with Crippen LogP contribution in [0.15, 0.2) is 91.0 Å². The molecule has 0 aliphatic rings. The molecular formula is C27H19N3O. The lowest BCUT2D eigenvalue weighted by Gasteiger charge is -2.08. The summed E-state index contributed by atoms with van der Waals surface area (Å²) in [5.74, 6) is 1.35. The van der Waals surface area contributed by atoms with E-state index in [1.54, 1.807) is 0 Å². The van der Waals surface area contributed by atoms with Crippen LogP contribution in [0.25, 0.3) is 33.5 Å². The van der Waals surface area contributed by atoms with Gasteiger partial charge >= 0.3 is 0 Å². The van der Waals surface area contributed by atoms with Crippen molar-refractivity contribution in [2.24, 2.45) is 0 Å². The number of allylic oxidation sites excluding steroid dienone is 1. The van der Waals surface area contributed by atoms with E-state index < -0.39 is 0 Å². The zero-order valence-corrected chi connectivity index (χ0v) is 16.7. The number of aromatic amines is 1. The number of aromatic nitrogens is 2. The van der Waals surface area contributed by atoms with Crippen molar-refractivity contribution in [2.45, 2.75) is 6.61 Å². The van der Waals surface area contributed by atoms with Crippen LogP contribution in [0.2, 0.25) is 0 Å². The van der Waals surface area contributed by atoms with Crippen LogP contribution in [0.4, 0.5) is 0 Å². The topological polar surface area (TPSA) is 61.7 Å². The number of hydrogen-bond acceptors (Lipinski definition) is 3. The zero-order chi connectivity index (χ0) is 21.0. The van der Waals surface area contributed by atoms with Crippen LogP contribution < -0.4 is 4.74 Å². The van der Waals surface area contributed by atoms with Gasteiger partial charge in [0.15, 0.2) is 0 Å². The van der Waals surface area contributed by atoms with Crippen molar-refractivity contribution in [2.75, 3.05) is 0 Å². The van der Waals surface area contributed by atoms with E-state index in [1.165, 1.54) is 10.8 Å². The van der Waals surface area contributed by atoms with E-state index in [-0.39, 0.29) is 0 Å². The second-order valence-electron chi connectivity index (χ2n) is 7.31. The lowest BCUT2D eigenvalue weighted by Crippen LogP contribution is -1.95. The summed E-state index contributed by atoms with van der Waals surface area (Å²) in [5.41, 5.74) is 4.28. The van der Waals surface area contributed by atoms with Crippen LogP contribution in [-0.2, 0) is 6.61 Å². The molecule has 0 saturated carbocycles. The maximum absolute atomic E-state index is 9.60. The molecule has 0 spiro atoms. The molecule has 4 aromatic carbocycles. The molecule has 0 radical (unpaired) electrons. The molecule has 1 heterocycles. The van der Waals surface area contributed by atoms with E-state index in [1.807, 2.05) is 66.7 Å². The molecule has 0 bridgehead atoms. The Kier molecular flexibility index (Phi) is 4.92. The second-order valence-corrected chi connectivity index (χ2v) is 7.31. The first kappa shape index (κ1) is 18.7. The minimum Gasteiger partial charge on any atom is -0.489 e. The van der Waals surface area contributed by atoms with Crippen LogP contribution in [0.1, 0.15) is 17.0 Å². The van der Waals surface area contributed by atoms with Crippen molar-refractivity contribution in [3.63, 3.8) is 0 Å². The molecule has 0 unspecified atom stereocenters. The molecule has 4 heteroatoms. The minimum absolute atomic E-state index is 0.487. The molecule has 0 aliphatic carbocycles. The van der Waals surface area contributed by atoms with Crippen molar-refractivity contribution < 1.29 is 4.74 Å². The van der Waals surface area contributed by atoms with E-state index in [4.69, 9.17) is 4.74 Å². The smallest absolute Gasteiger partial charge is 0.149 e. The first-order valence-electron chi connectivity index (χ1n) is 10.1. The van der Waals surface area contributed by atoms with Crippen molar-refractivity contribution in [3.05, 3.63) is 108 Å². The van der Waals surface area contributed by atoms with Gasteiger partial charge in [-0.1, -0.05) is 60.7 Å². The molecule has 0 atom stereocenters. The number of rotatable bonds is 5. The van der Waals surface area contributed by atoms with Gasteiger partial charge in [0.2, 0.25) is 0 Å². The molecule has 1 N–H and O–H groups in total. The van der Waals surface area contributed by atoms with Crippen LogP contribution in [0.5, 0.6) is 5.75 Å². The number of ether oxygens (including phenoxy) is 1. The number of nitriles is 1. The standard InChI is InChI=1S/C27H19N3O/c28-17-23(27-29-25-7-3-4-8-26(25)30-27)15-19-10-13-24(14-11-19)31-18-20-9-12-21-5-1-2-6-22(21)16-20/h1-16H,18H2,(H,29,30). The molecule has 5 rings (SSSR count). The van der Waals surface area contributed by atoms with Gasteiger partial charge in [-0.2, -0.15) is 5.26 Å². The number of fused-ring (bicyclic) bond motifs is 2. The van der Waals surface area contributed by atoms with Crippen molar-refractivity contribution in [1.29, 1.82) is 5.26 Å². The van der Waals surface area contributed by atoms with Crippen molar-refractivity contribution >= 4 is 33.5 Å². The third-order valence-corrected chi connectivity index (χ3v) is 5.18. The number of para-hydroxylation sites is 2. The second kappa shape index (κ2) is 8.17. The average Bonchev–Trinajstić information content (AvgIpc) is 3.26. The number of imidazole rings is 1. The monoisotopic (exact) mass is 401 g/mol. The van der Waals surface area contributed by atoms with Gasteiger partial charge in [-0.25, -0.2) is 4.98 Å². The minimum atomic E-state index is 0.487. The summed E-state index contributed by atoms with van der Waals surface area (Å²) in [6.07, 6.45) is 1.82. The predicted octanol–water partition coefficient (Wildman–Crippen LogP) is 6.36. The number of nitrogens with zero attached hydrogens (tertiary/aromatic N) is 2. The van der Waals surface area contributed by atoms with Gasteiger partial charge in [-0.05, 0) is 58.3 Å². The highest BCUT2D eigenvalue weighted by Crippen LogP contribution is 2.22. The lowest BCUT2D eigenvalue weighted by molar-refractivity contribution is 0.306. The molecule has 0 aliphatic heterocycles. The number of hydrogen-bond donors (Lipinski definition) is 1. The third-order valence-electron chi connectivity index (χ3n) is 5.18. The summed E-state index contributed by atoms with van der Waals surface area (Å²) < 4.78 is 5.95. The van der Waals surface area contributed by atoms with Gasteiger partial charge in [0.25, 0.3) is 0 Å². The summed E-state index contributed by atoms with van der Waals surface area (Å²) in [7, 11) is 0. The van der Waals surface area contributed by atoms with E-state index in [0.29, 0.717) is 18.0 Å². The Bertz CT molecular complexity index is 1410. The van der Waals surface area contributed by atoms with Gasteiger partial charge in [-0.15, -0.1) is 0 Å². The number of H-pyrrole nitrogens is 1. The van der Waals surface area contributed by atoms with Crippen molar-refractivity contribution in [1.82, 2.24) is 9.97 Å². The summed E-state index contributed by atoms with van der Waals surface area (Å²) in [4.78, 5) is 7.71. The van der Waals surface area contributed by atoms with Gasteiger partial charge in [0, 0.05) is 0 Å². The number of nitrogens with one attached hydrogen (secondary N) is 1. The highest BCUT2D eigenvalue weighted by atomic mass is 16.5. The highest BCUT2D eigenvalue weighted by Gasteiger charge is 2.07.